The fourth-order valence-corrected chi connectivity index (χ4v) is 2.62. The molecule has 0 spiro atoms. The minimum absolute atomic E-state index is 0.194. The Morgan fingerprint density at radius 3 is 2.59 bits per heavy atom. The molecule has 0 aromatic rings. The number of aliphatic hydroxyl groups is 1. The molecule has 17 heavy (non-hydrogen) atoms. The van der Waals surface area contributed by atoms with Crippen LogP contribution in [0.3, 0.4) is 0 Å². The smallest absolute Gasteiger partial charge is 0.0897 e. The Bertz CT molecular complexity index is 208. The van der Waals surface area contributed by atoms with Crippen molar-refractivity contribution in [2.75, 3.05) is 13.2 Å². The molecule has 0 amide bonds. The molecule has 4 atom stereocenters. The van der Waals surface area contributed by atoms with Gasteiger partial charge in [-0.05, 0) is 44.9 Å². The Balaban J connectivity index is 2.16. The number of ether oxygens (including phenoxy) is 1. The molecule has 1 aliphatic rings. The molecule has 4 unspecified atom stereocenters. The fourth-order valence-electron chi connectivity index (χ4n) is 2.62. The Labute approximate surface area is 106 Å². The van der Waals surface area contributed by atoms with E-state index in [0.29, 0.717) is 19.2 Å². The lowest BCUT2D eigenvalue weighted by Gasteiger charge is -2.33. The molecule has 0 aromatic heterocycles. The van der Waals surface area contributed by atoms with Crippen LogP contribution in [-0.4, -0.2) is 36.5 Å². The molecule has 0 radical (unpaired) electrons. The average molecular weight is 243 g/mol. The molecule has 102 valence electrons. The molecule has 0 aromatic carbocycles. The first-order valence-electron chi connectivity index (χ1n) is 7.02. The molecule has 1 rings (SSSR count). The summed E-state index contributed by atoms with van der Waals surface area (Å²) in [6.07, 6.45) is 3.65. The lowest BCUT2D eigenvalue weighted by Crippen LogP contribution is -2.43. The predicted octanol–water partition coefficient (Wildman–Crippen LogP) is 2.19. The van der Waals surface area contributed by atoms with E-state index >= 15 is 0 Å². The SMILES string of the molecule is CC1CCC(NCC(O)COC(C)C)C(C)C1. The first-order chi connectivity index (χ1) is 7.99. The van der Waals surface area contributed by atoms with Gasteiger partial charge in [0.1, 0.15) is 0 Å². The minimum Gasteiger partial charge on any atom is -0.389 e. The summed E-state index contributed by atoms with van der Waals surface area (Å²) in [5.41, 5.74) is 0. The average Bonchev–Trinajstić information content (AvgIpc) is 2.25. The summed E-state index contributed by atoms with van der Waals surface area (Å²) in [6.45, 7) is 9.70. The van der Waals surface area contributed by atoms with Crippen molar-refractivity contribution in [2.24, 2.45) is 11.8 Å². The molecule has 1 fully saturated rings. The lowest BCUT2D eigenvalue weighted by molar-refractivity contribution is 0.00400. The van der Waals surface area contributed by atoms with Gasteiger partial charge >= 0.3 is 0 Å². The van der Waals surface area contributed by atoms with E-state index in [1.807, 2.05) is 13.8 Å². The summed E-state index contributed by atoms with van der Waals surface area (Å²) in [6, 6.07) is 0.569. The second-order valence-corrected chi connectivity index (χ2v) is 5.95. The van der Waals surface area contributed by atoms with Crippen molar-refractivity contribution in [1.82, 2.24) is 5.32 Å². The molecule has 1 aliphatic carbocycles. The number of hydrogen-bond acceptors (Lipinski definition) is 3. The molecular formula is C14H29NO2. The quantitative estimate of drug-likeness (QED) is 0.751. The van der Waals surface area contributed by atoms with Gasteiger partial charge in [-0.1, -0.05) is 13.8 Å². The molecule has 0 bridgehead atoms. The minimum atomic E-state index is -0.385. The Morgan fingerprint density at radius 2 is 2.00 bits per heavy atom. The number of nitrogens with one attached hydrogen (secondary N) is 1. The van der Waals surface area contributed by atoms with Gasteiger partial charge in [0.2, 0.25) is 0 Å². The van der Waals surface area contributed by atoms with Crippen LogP contribution in [0.5, 0.6) is 0 Å². The van der Waals surface area contributed by atoms with E-state index in [-0.39, 0.29) is 12.2 Å². The zero-order chi connectivity index (χ0) is 12.8. The van der Waals surface area contributed by atoms with Crippen LogP contribution in [-0.2, 0) is 4.74 Å². The van der Waals surface area contributed by atoms with Crippen LogP contribution in [0.25, 0.3) is 0 Å². The van der Waals surface area contributed by atoms with Crippen molar-refractivity contribution >= 4 is 0 Å². The van der Waals surface area contributed by atoms with Gasteiger partial charge in [-0.25, -0.2) is 0 Å². The Morgan fingerprint density at radius 1 is 1.29 bits per heavy atom. The van der Waals surface area contributed by atoms with E-state index < -0.39 is 0 Å². The molecule has 1 saturated carbocycles. The van der Waals surface area contributed by atoms with Crippen LogP contribution in [0.1, 0.15) is 47.0 Å². The van der Waals surface area contributed by atoms with E-state index in [1.165, 1.54) is 19.3 Å². The molecule has 0 aliphatic heterocycles. The van der Waals surface area contributed by atoms with E-state index in [0.717, 1.165) is 11.8 Å². The van der Waals surface area contributed by atoms with Gasteiger partial charge < -0.3 is 15.2 Å². The van der Waals surface area contributed by atoms with E-state index in [2.05, 4.69) is 19.2 Å². The largest absolute Gasteiger partial charge is 0.389 e. The maximum Gasteiger partial charge on any atom is 0.0897 e. The number of rotatable bonds is 6. The highest BCUT2D eigenvalue weighted by Crippen LogP contribution is 2.28. The monoisotopic (exact) mass is 243 g/mol. The van der Waals surface area contributed by atoms with Gasteiger partial charge in [0.15, 0.2) is 0 Å². The van der Waals surface area contributed by atoms with Gasteiger partial charge in [0, 0.05) is 12.6 Å². The highest BCUT2D eigenvalue weighted by atomic mass is 16.5. The van der Waals surface area contributed by atoms with Crippen LogP contribution in [0.2, 0.25) is 0 Å². The van der Waals surface area contributed by atoms with E-state index in [1.54, 1.807) is 0 Å². The molecule has 3 heteroatoms. The van der Waals surface area contributed by atoms with Crippen molar-refractivity contribution in [2.45, 2.75) is 65.2 Å². The fraction of sp³-hybridized carbons (Fsp3) is 1.00. The van der Waals surface area contributed by atoms with Crippen molar-refractivity contribution in [1.29, 1.82) is 0 Å². The highest BCUT2D eigenvalue weighted by Gasteiger charge is 2.25. The second kappa shape index (κ2) is 7.34. The first-order valence-corrected chi connectivity index (χ1v) is 7.02. The van der Waals surface area contributed by atoms with Crippen molar-refractivity contribution < 1.29 is 9.84 Å². The number of hydrogen-bond donors (Lipinski definition) is 2. The third-order valence-electron chi connectivity index (χ3n) is 3.67. The summed E-state index contributed by atoms with van der Waals surface area (Å²) >= 11 is 0. The standard InChI is InChI=1S/C14H29NO2/c1-10(2)17-9-13(16)8-15-14-6-5-11(3)7-12(14)4/h10-16H,5-9H2,1-4H3. The summed E-state index contributed by atoms with van der Waals surface area (Å²) in [4.78, 5) is 0. The second-order valence-electron chi connectivity index (χ2n) is 5.95. The third-order valence-corrected chi connectivity index (χ3v) is 3.67. The summed E-state index contributed by atoms with van der Waals surface area (Å²) < 4.78 is 5.40. The van der Waals surface area contributed by atoms with Gasteiger partial charge in [-0.2, -0.15) is 0 Å². The van der Waals surface area contributed by atoms with E-state index in [4.69, 9.17) is 4.74 Å². The maximum absolute atomic E-state index is 9.78. The Kier molecular flexibility index (Phi) is 6.45. The Hall–Kier alpha value is -0.120. The van der Waals surface area contributed by atoms with Crippen LogP contribution >= 0.6 is 0 Å². The third kappa shape index (κ3) is 5.84. The zero-order valence-corrected chi connectivity index (χ0v) is 11.8. The number of aliphatic hydroxyl groups excluding tert-OH is 1. The molecule has 3 nitrogen and oxygen atoms in total. The maximum atomic E-state index is 9.78. The summed E-state index contributed by atoms with van der Waals surface area (Å²) in [5, 5.41) is 13.3. The molecule has 2 N–H and O–H groups in total. The molecule has 0 saturated heterocycles. The molecule has 0 heterocycles. The topological polar surface area (TPSA) is 41.5 Å². The zero-order valence-electron chi connectivity index (χ0n) is 11.8. The first kappa shape index (κ1) is 14.9. The van der Waals surface area contributed by atoms with Gasteiger partial charge in [-0.15, -0.1) is 0 Å². The van der Waals surface area contributed by atoms with Crippen LogP contribution in [0, 0.1) is 11.8 Å². The predicted molar refractivity (Wildman–Crippen MR) is 71.1 cm³/mol. The van der Waals surface area contributed by atoms with Crippen molar-refractivity contribution in [3.8, 4) is 0 Å². The van der Waals surface area contributed by atoms with Crippen molar-refractivity contribution in [3.63, 3.8) is 0 Å². The molecular weight excluding hydrogens is 214 g/mol. The van der Waals surface area contributed by atoms with Crippen molar-refractivity contribution in [3.05, 3.63) is 0 Å². The highest BCUT2D eigenvalue weighted by molar-refractivity contribution is 4.81. The normalized spacial score (nSPS) is 31.8. The van der Waals surface area contributed by atoms with E-state index in [9.17, 15) is 5.11 Å². The van der Waals surface area contributed by atoms with Gasteiger partial charge in [-0.3, -0.25) is 0 Å². The van der Waals surface area contributed by atoms with Gasteiger partial charge in [0.05, 0.1) is 18.8 Å². The van der Waals surface area contributed by atoms with Gasteiger partial charge in [0.25, 0.3) is 0 Å². The van der Waals surface area contributed by atoms with Crippen LogP contribution < -0.4 is 5.32 Å². The lowest BCUT2D eigenvalue weighted by atomic mass is 9.80. The summed E-state index contributed by atoms with van der Waals surface area (Å²) in [7, 11) is 0. The summed E-state index contributed by atoms with van der Waals surface area (Å²) in [5.74, 6) is 1.58. The van der Waals surface area contributed by atoms with Crippen LogP contribution in [0.4, 0.5) is 0 Å². The van der Waals surface area contributed by atoms with Crippen LogP contribution in [0.15, 0.2) is 0 Å².